The molecule has 0 aromatic rings. The van der Waals surface area contributed by atoms with E-state index in [2.05, 4.69) is 84.7 Å². The van der Waals surface area contributed by atoms with E-state index in [4.69, 9.17) is 0 Å². The SMILES string of the molecule is CC(C)N([SiH2]N1[Si](C)(C)N[Si](C)(C)N[Si]1(C)C)C(C)C. The van der Waals surface area contributed by atoms with Gasteiger partial charge in [0.2, 0.25) is 0 Å². The highest BCUT2D eigenvalue weighted by molar-refractivity contribution is 7.07. The Bertz CT molecular complexity index is 316. The third-order valence-electron chi connectivity index (χ3n) is 4.22. The third-order valence-corrected chi connectivity index (χ3v) is 27.8. The average molecular weight is 349 g/mol. The second-order valence-electron chi connectivity index (χ2n) is 8.26. The van der Waals surface area contributed by atoms with Crippen LogP contribution in [0.3, 0.4) is 0 Å². The van der Waals surface area contributed by atoms with Crippen LogP contribution in [-0.4, -0.2) is 55.6 Å². The largest absolute Gasteiger partial charge is 0.338 e. The van der Waals surface area contributed by atoms with Crippen molar-refractivity contribution in [2.24, 2.45) is 0 Å². The van der Waals surface area contributed by atoms with Gasteiger partial charge in [-0.15, -0.1) is 0 Å². The summed E-state index contributed by atoms with van der Waals surface area (Å²) in [7, 11) is -4.77. The Labute approximate surface area is 132 Å². The van der Waals surface area contributed by atoms with Gasteiger partial charge in [0, 0.05) is 0 Å². The summed E-state index contributed by atoms with van der Waals surface area (Å²) in [6, 6.07) is 1.31. The van der Waals surface area contributed by atoms with Crippen LogP contribution in [0.25, 0.3) is 0 Å². The highest BCUT2D eigenvalue weighted by atomic mass is 28.5. The first kappa shape index (κ1) is 18.8. The Balaban J connectivity index is 3.02. The fourth-order valence-corrected chi connectivity index (χ4v) is 30.8. The summed E-state index contributed by atoms with van der Waals surface area (Å²) in [4.78, 5) is 0. The summed E-state index contributed by atoms with van der Waals surface area (Å²) in [5.41, 5.74) is 0. The average Bonchev–Trinajstić information content (AvgIpc) is 2.09. The van der Waals surface area contributed by atoms with Crippen molar-refractivity contribution in [1.82, 2.24) is 17.8 Å². The maximum atomic E-state index is 4.06. The highest BCUT2D eigenvalue weighted by Crippen LogP contribution is 2.23. The van der Waals surface area contributed by atoms with Crippen LogP contribution < -0.4 is 9.30 Å². The molecule has 0 bridgehead atoms. The minimum absolute atomic E-state index is 0.385. The summed E-state index contributed by atoms with van der Waals surface area (Å²) in [5.74, 6) is 0. The topological polar surface area (TPSA) is 30.5 Å². The van der Waals surface area contributed by atoms with Gasteiger partial charge in [-0.05, 0) is 51.4 Å². The van der Waals surface area contributed by atoms with Crippen LogP contribution in [0.5, 0.6) is 0 Å². The van der Waals surface area contributed by atoms with Crippen molar-refractivity contribution in [3.63, 3.8) is 0 Å². The Morgan fingerprint density at radius 1 is 0.800 bits per heavy atom. The molecule has 0 radical (unpaired) electrons. The van der Waals surface area contributed by atoms with Crippen LogP contribution in [0, 0.1) is 0 Å². The van der Waals surface area contributed by atoms with Crippen molar-refractivity contribution in [2.45, 2.75) is 79.1 Å². The summed E-state index contributed by atoms with van der Waals surface area (Å²) < 4.78 is 13.8. The van der Waals surface area contributed by atoms with Crippen LogP contribution in [0.15, 0.2) is 0 Å². The van der Waals surface area contributed by atoms with Gasteiger partial charge in [-0.3, -0.25) is 0 Å². The zero-order valence-electron chi connectivity index (χ0n) is 15.3. The molecular formula is C12H36N4Si4. The zero-order valence-corrected chi connectivity index (χ0v) is 19.7. The number of rotatable bonds is 4. The van der Waals surface area contributed by atoms with Crippen LogP contribution in [0.2, 0.25) is 39.3 Å². The van der Waals surface area contributed by atoms with Crippen molar-refractivity contribution in [1.29, 1.82) is 0 Å². The summed E-state index contributed by atoms with van der Waals surface area (Å²) >= 11 is 0. The summed E-state index contributed by atoms with van der Waals surface area (Å²) in [5, 5.41) is 0. The first-order chi connectivity index (χ1) is 8.78. The predicted octanol–water partition coefficient (Wildman–Crippen LogP) is 1.70. The van der Waals surface area contributed by atoms with E-state index in [9.17, 15) is 0 Å². The second kappa shape index (κ2) is 6.07. The van der Waals surface area contributed by atoms with Gasteiger partial charge in [0.25, 0.3) is 0 Å². The van der Waals surface area contributed by atoms with Crippen LogP contribution in [-0.2, 0) is 0 Å². The Morgan fingerprint density at radius 2 is 1.15 bits per heavy atom. The summed E-state index contributed by atoms with van der Waals surface area (Å²) in [6.07, 6.45) is 0. The molecule has 120 valence electrons. The molecule has 1 aliphatic rings. The monoisotopic (exact) mass is 348 g/mol. The third kappa shape index (κ3) is 4.35. The van der Waals surface area contributed by atoms with E-state index in [0.717, 1.165) is 0 Å². The van der Waals surface area contributed by atoms with Gasteiger partial charge in [-0.2, -0.15) is 0 Å². The van der Waals surface area contributed by atoms with E-state index >= 15 is 0 Å². The lowest BCUT2D eigenvalue weighted by Gasteiger charge is -2.58. The molecule has 0 atom stereocenters. The van der Waals surface area contributed by atoms with Crippen molar-refractivity contribution in [2.75, 3.05) is 0 Å². The van der Waals surface area contributed by atoms with Crippen LogP contribution in [0.4, 0.5) is 0 Å². The number of nitrogens with zero attached hydrogens (tertiary/aromatic N) is 2. The van der Waals surface area contributed by atoms with Gasteiger partial charge in [0.1, 0.15) is 0 Å². The van der Waals surface area contributed by atoms with Crippen molar-refractivity contribution >= 4 is 35.0 Å². The molecular weight excluding hydrogens is 313 g/mol. The Kier molecular flexibility index (Phi) is 5.69. The van der Waals surface area contributed by atoms with Gasteiger partial charge in [0.15, 0.2) is 35.0 Å². The fraction of sp³-hybridized carbons (Fsp3) is 1.00. The second-order valence-corrected chi connectivity index (χ2v) is 24.2. The predicted molar refractivity (Wildman–Crippen MR) is 101 cm³/mol. The molecule has 1 rings (SSSR count). The lowest BCUT2D eigenvalue weighted by molar-refractivity contribution is 0.303. The molecule has 0 saturated carbocycles. The molecule has 0 unspecified atom stereocenters. The zero-order chi connectivity index (χ0) is 15.9. The van der Waals surface area contributed by atoms with E-state index in [-0.39, 0.29) is 9.84 Å². The molecule has 2 N–H and O–H groups in total. The molecule has 1 heterocycles. The van der Waals surface area contributed by atoms with Crippen LogP contribution >= 0.6 is 0 Å². The Morgan fingerprint density at radius 3 is 1.45 bits per heavy atom. The Hall–Kier alpha value is 0.708. The minimum Gasteiger partial charge on any atom is -0.338 e. The van der Waals surface area contributed by atoms with Crippen LogP contribution in [0.1, 0.15) is 27.7 Å². The molecule has 1 saturated heterocycles. The molecule has 4 nitrogen and oxygen atoms in total. The molecule has 1 fully saturated rings. The van der Waals surface area contributed by atoms with E-state index in [1.165, 1.54) is 0 Å². The molecule has 0 aromatic heterocycles. The van der Waals surface area contributed by atoms with Gasteiger partial charge >= 0.3 is 0 Å². The fourth-order valence-electron chi connectivity index (χ4n) is 3.83. The number of hydrogen-bond donors (Lipinski definition) is 2. The minimum atomic E-state index is -1.48. The van der Waals surface area contributed by atoms with E-state index in [1.807, 2.05) is 0 Å². The molecule has 1 aliphatic heterocycles. The van der Waals surface area contributed by atoms with Gasteiger partial charge in [-0.25, -0.2) is 0 Å². The number of nitrogens with one attached hydrogen (secondary N) is 2. The van der Waals surface area contributed by atoms with E-state index < -0.39 is 25.2 Å². The lowest BCUT2D eigenvalue weighted by Crippen LogP contribution is -2.89. The van der Waals surface area contributed by atoms with Crippen molar-refractivity contribution < 1.29 is 0 Å². The standard InChI is InChI=1S/C12H36N4Si4/c1-11(2)15(12(3)4)17-16-19(7,8)13-18(5,6)14-20(16,9)10/h11-14H,17H2,1-10H3. The van der Waals surface area contributed by atoms with Crippen molar-refractivity contribution in [3.8, 4) is 0 Å². The quantitative estimate of drug-likeness (QED) is 0.757. The molecule has 0 amide bonds. The summed E-state index contributed by atoms with van der Waals surface area (Å²) in [6.45, 7) is 24.3. The maximum Gasteiger partial charge on any atom is 0.183 e. The molecule has 0 aliphatic carbocycles. The van der Waals surface area contributed by atoms with E-state index in [1.54, 1.807) is 0 Å². The van der Waals surface area contributed by atoms with Gasteiger partial charge in [-0.1, -0.05) is 27.7 Å². The van der Waals surface area contributed by atoms with Crippen molar-refractivity contribution in [3.05, 3.63) is 0 Å². The first-order valence-corrected chi connectivity index (χ1v) is 18.1. The lowest BCUT2D eigenvalue weighted by atomic mass is 10.3. The first-order valence-electron chi connectivity index (χ1n) is 7.91. The normalized spacial score (nSPS) is 26.2. The molecule has 0 spiro atoms. The number of hydrogen-bond acceptors (Lipinski definition) is 4. The van der Waals surface area contributed by atoms with Gasteiger partial charge in [0.05, 0.1) is 0 Å². The maximum absolute atomic E-state index is 4.06. The molecule has 20 heavy (non-hydrogen) atoms. The van der Waals surface area contributed by atoms with Gasteiger partial charge < -0.3 is 17.8 Å². The smallest absolute Gasteiger partial charge is 0.183 e. The molecule has 8 heteroatoms. The van der Waals surface area contributed by atoms with E-state index in [0.29, 0.717) is 12.1 Å². The highest BCUT2D eigenvalue weighted by Gasteiger charge is 2.51. The molecule has 0 aromatic carbocycles.